The Bertz CT molecular complexity index is 1080. The first-order chi connectivity index (χ1) is 14.5. The van der Waals surface area contributed by atoms with E-state index in [9.17, 15) is 9.18 Å². The molecule has 1 aromatic heterocycles. The fraction of sp³-hybridized carbons (Fsp3) is 0.333. The highest BCUT2D eigenvalue weighted by Crippen LogP contribution is 2.32. The summed E-state index contributed by atoms with van der Waals surface area (Å²) in [6.45, 7) is 5.40. The fourth-order valence-electron chi connectivity index (χ4n) is 4.27. The summed E-state index contributed by atoms with van der Waals surface area (Å²) in [6, 6.07) is 14.6. The zero-order chi connectivity index (χ0) is 21.1. The topological polar surface area (TPSA) is 61.0 Å². The van der Waals surface area contributed by atoms with Gasteiger partial charge in [-0.15, -0.1) is 0 Å². The van der Waals surface area contributed by atoms with Crippen LogP contribution in [0.2, 0.25) is 0 Å². The molecule has 1 aliphatic rings. The lowest BCUT2D eigenvalue weighted by molar-refractivity contribution is 0.0574. The molecule has 0 saturated heterocycles. The molecule has 6 heteroatoms. The maximum Gasteiger partial charge on any atom is 0.290 e. The van der Waals surface area contributed by atoms with Crippen molar-refractivity contribution >= 4 is 16.9 Å². The molecule has 0 spiro atoms. The van der Waals surface area contributed by atoms with Crippen molar-refractivity contribution in [3.8, 4) is 0 Å². The molecule has 0 radical (unpaired) electrons. The molecule has 1 amide bonds. The zero-order valence-electron chi connectivity index (χ0n) is 17.4. The molecule has 1 aliphatic carbocycles. The van der Waals surface area contributed by atoms with E-state index in [1.165, 1.54) is 17.7 Å². The molecule has 0 bridgehead atoms. The molecular formula is C24H27FN4O. The predicted octanol–water partition coefficient (Wildman–Crippen LogP) is 4.78. The molecule has 0 fully saturated rings. The van der Waals surface area contributed by atoms with E-state index in [0.717, 1.165) is 31.5 Å². The molecule has 156 valence electrons. The zero-order valence-corrected chi connectivity index (χ0v) is 17.4. The average Bonchev–Trinajstić information content (AvgIpc) is 3.16. The first-order valence-electron chi connectivity index (χ1n) is 10.5. The minimum atomic E-state index is -0.409. The predicted molar refractivity (Wildman–Crippen MR) is 116 cm³/mol. The number of aromatic amines is 1. The van der Waals surface area contributed by atoms with Crippen LogP contribution in [0.1, 0.15) is 49.3 Å². The number of H-pyrrole nitrogens is 1. The SMILES string of the molecule is CCN(C(=O)c1nc2ccc(F)cc2[nH]1)[C@]1(C)C=C(NCc2ccccc2)CCC1. The minimum Gasteiger partial charge on any atom is -0.384 e. The summed E-state index contributed by atoms with van der Waals surface area (Å²) < 4.78 is 13.5. The van der Waals surface area contributed by atoms with Gasteiger partial charge in [0.2, 0.25) is 0 Å². The Hall–Kier alpha value is -3.15. The van der Waals surface area contributed by atoms with Crippen LogP contribution in [0.3, 0.4) is 0 Å². The van der Waals surface area contributed by atoms with Crippen LogP contribution in [0.15, 0.2) is 60.3 Å². The van der Waals surface area contributed by atoms with E-state index in [0.29, 0.717) is 17.6 Å². The number of rotatable bonds is 6. The molecule has 5 nitrogen and oxygen atoms in total. The number of nitrogens with zero attached hydrogens (tertiary/aromatic N) is 2. The lowest BCUT2D eigenvalue weighted by Gasteiger charge is -2.41. The summed E-state index contributed by atoms with van der Waals surface area (Å²) in [5, 5.41) is 3.54. The second-order valence-electron chi connectivity index (χ2n) is 8.02. The van der Waals surface area contributed by atoms with Gasteiger partial charge >= 0.3 is 0 Å². The highest BCUT2D eigenvalue weighted by Gasteiger charge is 2.36. The number of fused-ring (bicyclic) bond motifs is 1. The summed E-state index contributed by atoms with van der Waals surface area (Å²) in [6.07, 6.45) is 5.04. The van der Waals surface area contributed by atoms with Gasteiger partial charge in [0.15, 0.2) is 5.82 Å². The van der Waals surface area contributed by atoms with Gasteiger partial charge in [-0.25, -0.2) is 9.37 Å². The number of hydrogen-bond donors (Lipinski definition) is 2. The largest absolute Gasteiger partial charge is 0.384 e. The molecule has 3 aromatic rings. The van der Waals surface area contributed by atoms with Crippen LogP contribution in [0, 0.1) is 5.82 Å². The lowest BCUT2D eigenvalue weighted by atomic mass is 9.85. The molecule has 0 unspecified atom stereocenters. The summed E-state index contributed by atoms with van der Waals surface area (Å²) in [5.41, 5.74) is 3.09. The molecule has 4 rings (SSSR count). The summed E-state index contributed by atoms with van der Waals surface area (Å²) in [5.74, 6) is -0.276. The third-order valence-electron chi connectivity index (χ3n) is 5.80. The van der Waals surface area contributed by atoms with E-state index in [1.807, 2.05) is 30.0 Å². The Morgan fingerprint density at radius 2 is 2.07 bits per heavy atom. The fourth-order valence-corrected chi connectivity index (χ4v) is 4.27. The van der Waals surface area contributed by atoms with Gasteiger partial charge in [0, 0.05) is 18.8 Å². The van der Waals surface area contributed by atoms with Crippen molar-refractivity contribution in [1.82, 2.24) is 20.2 Å². The first kappa shape index (κ1) is 20.1. The highest BCUT2D eigenvalue weighted by molar-refractivity contribution is 5.94. The van der Waals surface area contributed by atoms with Gasteiger partial charge in [0.1, 0.15) is 5.82 Å². The van der Waals surface area contributed by atoms with E-state index in [-0.39, 0.29) is 17.5 Å². The second kappa shape index (κ2) is 8.30. The van der Waals surface area contributed by atoms with Crippen LogP contribution in [0.25, 0.3) is 11.0 Å². The number of halogens is 1. The molecule has 30 heavy (non-hydrogen) atoms. The van der Waals surface area contributed by atoms with Crippen molar-refractivity contribution < 1.29 is 9.18 Å². The van der Waals surface area contributed by atoms with E-state index in [1.54, 1.807) is 6.07 Å². The number of amides is 1. The number of likely N-dealkylation sites (N-methyl/N-ethyl adjacent to an activating group) is 1. The summed E-state index contributed by atoms with van der Waals surface area (Å²) in [4.78, 5) is 22.5. The van der Waals surface area contributed by atoms with Crippen molar-refractivity contribution in [3.05, 3.63) is 77.5 Å². The van der Waals surface area contributed by atoms with Crippen molar-refractivity contribution in [2.45, 2.75) is 45.2 Å². The second-order valence-corrected chi connectivity index (χ2v) is 8.02. The van der Waals surface area contributed by atoms with Crippen molar-refractivity contribution in [1.29, 1.82) is 0 Å². The molecule has 0 saturated carbocycles. The first-order valence-corrected chi connectivity index (χ1v) is 10.5. The van der Waals surface area contributed by atoms with Gasteiger partial charge in [-0.3, -0.25) is 4.79 Å². The van der Waals surface area contributed by atoms with Crippen LogP contribution >= 0.6 is 0 Å². The van der Waals surface area contributed by atoms with Gasteiger partial charge in [-0.1, -0.05) is 30.3 Å². The molecule has 2 N–H and O–H groups in total. The Balaban J connectivity index is 1.55. The van der Waals surface area contributed by atoms with Gasteiger partial charge in [0.05, 0.1) is 16.6 Å². The van der Waals surface area contributed by atoms with Crippen LogP contribution in [-0.2, 0) is 6.54 Å². The quantitative estimate of drug-likeness (QED) is 0.619. The van der Waals surface area contributed by atoms with Gasteiger partial charge in [0.25, 0.3) is 5.91 Å². The van der Waals surface area contributed by atoms with Crippen LogP contribution in [0.5, 0.6) is 0 Å². The van der Waals surface area contributed by atoms with Gasteiger partial charge in [-0.05, 0) is 62.9 Å². The summed E-state index contributed by atoms with van der Waals surface area (Å²) in [7, 11) is 0. The average molecular weight is 407 g/mol. The van der Waals surface area contributed by atoms with Crippen molar-refractivity contribution in [3.63, 3.8) is 0 Å². The number of nitrogens with one attached hydrogen (secondary N) is 2. The maximum atomic E-state index is 13.5. The van der Waals surface area contributed by atoms with E-state index >= 15 is 0 Å². The van der Waals surface area contributed by atoms with Crippen LogP contribution in [0.4, 0.5) is 4.39 Å². The number of hydrogen-bond acceptors (Lipinski definition) is 3. The molecule has 0 aliphatic heterocycles. The van der Waals surface area contributed by atoms with E-state index in [4.69, 9.17) is 0 Å². The van der Waals surface area contributed by atoms with Gasteiger partial charge < -0.3 is 15.2 Å². The number of benzene rings is 2. The third-order valence-corrected chi connectivity index (χ3v) is 5.80. The smallest absolute Gasteiger partial charge is 0.290 e. The Morgan fingerprint density at radius 3 is 2.83 bits per heavy atom. The van der Waals surface area contributed by atoms with Crippen molar-refractivity contribution in [2.24, 2.45) is 0 Å². The normalized spacial score (nSPS) is 18.8. The maximum absolute atomic E-state index is 13.5. The Kier molecular flexibility index (Phi) is 5.57. The lowest BCUT2D eigenvalue weighted by Crippen LogP contribution is -2.50. The number of allylic oxidation sites excluding steroid dienone is 1. The number of carbonyl (C=O) groups excluding carboxylic acids is 1. The monoisotopic (exact) mass is 406 g/mol. The highest BCUT2D eigenvalue weighted by atomic mass is 19.1. The molecule has 1 heterocycles. The van der Waals surface area contributed by atoms with E-state index in [2.05, 4.69) is 40.4 Å². The molecule has 1 atom stereocenters. The Labute approximate surface area is 176 Å². The molecular weight excluding hydrogens is 379 g/mol. The number of carbonyl (C=O) groups is 1. The van der Waals surface area contributed by atoms with Crippen LogP contribution < -0.4 is 5.32 Å². The Morgan fingerprint density at radius 1 is 1.27 bits per heavy atom. The molecule has 2 aromatic carbocycles. The van der Waals surface area contributed by atoms with Crippen molar-refractivity contribution in [2.75, 3.05) is 6.54 Å². The minimum absolute atomic E-state index is 0.169. The number of aromatic nitrogens is 2. The van der Waals surface area contributed by atoms with Gasteiger partial charge in [-0.2, -0.15) is 0 Å². The van der Waals surface area contributed by atoms with E-state index < -0.39 is 5.54 Å². The summed E-state index contributed by atoms with van der Waals surface area (Å²) >= 11 is 0. The number of imidazole rings is 1. The third kappa shape index (κ3) is 4.08. The standard InChI is InChI=1S/C24H27FN4O/c1-3-29(23(30)22-27-20-12-11-18(25)14-21(20)28-22)24(2)13-7-10-19(15-24)26-16-17-8-5-4-6-9-17/h4-6,8-9,11-12,14-15,26H,3,7,10,13,16H2,1-2H3,(H,27,28)/t24-/m0/s1. The van der Waals surface area contributed by atoms with Crippen LogP contribution in [-0.4, -0.2) is 32.9 Å².